The van der Waals surface area contributed by atoms with Crippen LogP contribution in [0.1, 0.15) is 26.7 Å². The van der Waals surface area contributed by atoms with Crippen LogP contribution in [-0.4, -0.2) is 43.4 Å². The minimum atomic E-state index is -4.77. The molecule has 144 valence electrons. The summed E-state index contributed by atoms with van der Waals surface area (Å²) in [7, 11) is 1.44. The maximum atomic E-state index is 13.1. The summed E-state index contributed by atoms with van der Waals surface area (Å²) in [5, 5.41) is 4.77. The van der Waals surface area contributed by atoms with Crippen LogP contribution in [-0.2, 0) is 6.18 Å². The van der Waals surface area contributed by atoms with E-state index in [0.29, 0.717) is 6.07 Å². The molecule has 0 unspecified atom stereocenters. The fraction of sp³-hybridized carbons (Fsp3) is 0.125. The molecule has 0 atom stereocenters. The minimum absolute atomic E-state index is 0.115. The number of pyridine rings is 1. The van der Waals surface area contributed by atoms with Crippen LogP contribution in [0.25, 0.3) is 5.95 Å². The van der Waals surface area contributed by atoms with Crippen molar-refractivity contribution in [3.05, 3.63) is 60.2 Å². The predicted octanol–water partition coefficient (Wildman–Crippen LogP) is 1.69. The van der Waals surface area contributed by atoms with Crippen molar-refractivity contribution in [1.82, 2.24) is 29.8 Å². The Kier molecular flexibility index (Phi) is 5.02. The average molecular weight is 391 g/mol. The first-order valence-electron chi connectivity index (χ1n) is 7.72. The Morgan fingerprint density at radius 2 is 1.89 bits per heavy atom. The van der Waals surface area contributed by atoms with Crippen LogP contribution >= 0.6 is 0 Å². The summed E-state index contributed by atoms with van der Waals surface area (Å²) < 4.78 is 40.6. The third-order valence-electron chi connectivity index (χ3n) is 3.45. The molecule has 0 aromatic carbocycles. The smallest absolute Gasteiger partial charge is 0.354 e. The van der Waals surface area contributed by atoms with Gasteiger partial charge in [0, 0.05) is 25.5 Å². The highest BCUT2D eigenvalue weighted by molar-refractivity contribution is 6.03. The second kappa shape index (κ2) is 7.42. The van der Waals surface area contributed by atoms with Crippen molar-refractivity contribution >= 4 is 17.5 Å². The summed E-state index contributed by atoms with van der Waals surface area (Å²) in [5.74, 6) is -1.68. The summed E-state index contributed by atoms with van der Waals surface area (Å²) in [4.78, 5) is 38.7. The quantitative estimate of drug-likeness (QED) is 0.700. The Hall–Kier alpha value is -3.83. The molecule has 3 heterocycles. The van der Waals surface area contributed by atoms with Gasteiger partial charge < -0.3 is 10.6 Å². The number of alkyl halides is 3. The Labute approximate surface area is 155 Å². The van der Waals surface area contributed by atoms with E-state index in [4.69, 9.17) is 0 Å². The first-order chi connectivity index (χ1) is 13.3. The normalized spacial score (nSPS) is 11.1. The van der Waals surface area contributed by atoms with Gasteiger partial charge in [-0.15, -0.1) is 0 Å². The number of amides is 2. The topological polar surface area (TPSA) is 115 Å². The van der Waals surface area contributed by atoms with Gasteiger partial charge in [0.15, 0.2) is 5.69 Å². The van der Waals surface area contributed by atoms with Gasteiger partial charge in [0.05, 0.1) is 11.9 Å². The van der Waals surface area contributed by atoms with E-state index in [2.05, 4.69) is 30.6 Å². The van der Waals surface area contributed by atoms with Gasteiger partial charge in [0.25, 0.3) is 11.8 Å². The van der Waals surface area contributed by atoms with Crippen LogP contribution in [0.15, 0.2) is 43.1 Å². The largest absolute Gasteiger partial charge is 0.433 e. The highest BCUT2D eigenvalue weighted by Crippen LogP contribution is 2.28. The van der Waals surface area contributed by atoms with E-state index in [-0.39, 0.29) is 17.3 Å². The number of hydrogen-bond donors (Lipinski definition) is 2. The summed E-state index contributed by atoms with van der Waals surface area (Å²) >= 11 is 0. The van der Waals surface area contributed by atoms with Crippen molar-refractivity contribution in [1.29, 1.82) is 0 Å². The molecule has 28 heavy (non-hydrogen) atoms. The lowest BCUT2D eigenvalue weighted by Gasteiger charge is -2.11. The molecule has 0 radical (unpaired) electrons. The lowest BCUT2D eigenvalue weighted by atomic mass is 10.2. The predicted molar refractivity (Wildman–Crippen MR) is 89.7 cm³/mol. The highest BCUT2D eigenvalue weighted by atomic mass is 19.4. The molecule has 3 aromatic heterocycles. The second-order valence-electron chi connectivity index (χ2n) is 5.37. The van der Waals surface area contributed by atoms with Crippen LogP contribution in [0, 0.1) is 0 Å². The lowest BCUT2D eigenvalue weighted by molar-refractivity contribution is -0.141. The molecule has 12 heteroatoms. The summed E-state index contributed by atoms with van der Waals surface area (Å²) in [6, 6.07) is 3.28. The summed E-state index contributed by atoms with van der Waals surface area (Å²) in [6.07, 6.45) is 0.315. The molecule has 0 saturated heterocycles. The number of nitrogens with zero attached hydrogens (tertiary/aromatic N) is 5. The van der Waals surface area contributed by atoms with Crippen molar-refractivity contribution < 1.29 is 22.8 Å². The van der Waals surface area contributed by atoms with Gasteiger partial charge in [-0.1, -0.05) is 0 Å². The SMILES string of the molecule is CNC(=O)c1ccc(NC(=O)c2cc(C(F)(F)F)nc(-n3ccnc3)n2)cn1. The van der Waals surface area contributed by atoms with Crippen LogP contribution in [0.2, 0.25) is 0 Å². The molecule has 2 amide bonds. The molecule has 3 aromatic rings. The van der Waals surface area contributed by atoms with E-state index in [1.807, 2.05) is 0 Å². The molecule has 0 aliphatic rings. The number of aromatic nitrogens is 5. The fourth-order valence-electron chi connectivity index (χ4n) is 2.11. The van der Waals surface area contributed by atoms with Crippen molar-refractivity contribution in [2.24, 2.45) is 0 Å². The van der Waals surface area contributed by atoms with Gasteiger partial charge in [0.1, 0.15) is 17.7 Å². The average Bonchev–Trinajstić information content (AvgIpc) is 3.22. The van der Waals surface area contributed by atoms with Gasteiger partial charge in [-0.3, -0.25) is 14.2 Å². The number of carbonyl (C=O) groups is 2. The molecule has 0 aliphatic carbocycles. The second-order valence-corrected chi connectivity index (χ2v) is 5.37. The third kappa shape index (κ3) is 4.11. The molecule has 0 spiro atoms. The van der Waals surface area contributed by atoms with E-state index in [9.17, 15) is 22.8 Å². The van der Waals surface area contributed by atoms with Gasteiger partial charge in [-0.05, 0) is 12.1 Å². The lowest BCUT2D eigenvalue weighted by Crippen LogP contribution is -2.20. The first-order valence-corrected chi connectivity index (χ1v) is 7.72. The molecular formula is C16H12F3N7O2. The Bertz CT molecular complexity index is 1000. The van der Waals surface area contributed by atoms with Crippen LogP contribution < -0.4 is 10.6 Å². The Balaban J connectivity index is 1.90. The number of imidazole rings is 1. The van der Waals surface area contributed by atoms with Crippen molar-refractivity contribution in [3.63, 3.8) is 0 Å². The van der Waals surface area contributed by atoms with Crippen LogP contribution in [0.4, 0.5) is 18.9 Å². The minimum Gasteiger partial charge on any atom is -0.354 e. The van der Waals surface area contributed by atoms with Gasteiger partial charge in [-0.2, -0.15) is 13.2 Å². The van der Waals surface area contributed by atoms with Gasteiger partial charge in [0.2, 0.25) is 5.95 Å². The van der Waals surface area contributed by atoms with Crippen molar-refractivity contribution in [2.45, 2.75) is 6.18 Å². The van der Waals surface area contributed by atoms with E-state index in [1.54, 1.807) is 0 Å². The molecule has 0 fully saturated rings. The number of hydrogen-bond acceptors (Lipinski definition) is 6. The standard InChI is InChI=1S/C16H12F3N7O2/c1-20-13(27)10-3-2-9(7-22-10)23-14(28)11-6-12(16(17,18)19)25-15(24-11)26-5-4-21-8-26/h2-8H,1H3,(H,20,27)(H,23,28). The zero-order chi connectivity index (χ0) is 20.3. The molecular weight excluding hydrogens is 379 g/mol. The summed E-state index contributed by atoms with van der Waals surface area (Å²) in [6.45, 7) is 0. The zero-order valence-corrected chi connectivity index (χ0v) is 14.2. The number of nitrogens with one attached hydrogen (secondary N) is 2. The van der Waals surface area contributed by atoms with Gasteiger partial charge >= 0.3 is 6.18 Å². The third-order valence-corrected chi connectivity index (χ3v) is 3.45. The van der Waals surface area contributed by atoms with E-state index < -0.39 is 29.4 Å². The zero-order valence-electron chi connectivity index (χ0n) is 14.2. The monoisotopic (exact) mass is 391 g/mol. The highest BCUT2D eigenvalue weighted by Gasteiger charge is 2.34. The Morgan fingerprint density at radius 3 is 2.46 bits per heavy atom. The van der Waals surface area contributed by atoms with Crippen LogP contribution in [0.3, 0.4) is 0 Å². The maximum Gasteiger partial charge on any atom is 0.433 e. The van der Waals surface area contributed by atoms with E-state index in [1.165, 1.54) is 44.1 Å². The van der Waals surface area contributed by atoms with Crippen LogP contribution in [0.5, 0.6) is 0 Å². The molecule has 2 N–H and O–H groups in total. The van der Waals surface area contributed by atoms with Gasteiger partial charge in [-0.25, -0.2) is 19.9 Å². The fourth-order valence-corrected chi connectivity index (χ4v) is 2.11. The molecule has 0 bridgehead atoms. The van der Waals surface area contributed by atoms with E-state index in [0.717, 1.165) is 4.57 Å². The summed E-state index contributed by atoms with van der Waals surface area (Å²) in [5.41, 5.74) is -1.48. The molecule has 0 saturated carbocycles. The molecule has 3 rings (SSSR count). The number of carbonyl (C=O) groups excluding carboxylic acids is 2. The number of halogens is 3. The molecule has 9 nitrogen and oxygen atoms in total. The van der Waals surface area contributed by atoms with Crippen molar-refractivity contribution in [3.8, 4) is 5.95 Å². The Morgan fingerprint density at radius 1 is 1.11 bits per heavy atom. The first kappa shape index (κ1) is 18.9. The maximum absolute atomic E-state index is 13.1. The number of rotatable bonds is 4. The molecule has 0 aliphatic heterocycles. The number of anilines is 1. The van der Waals surface area contributed by atoms with Crippen molar-refractivity contribution in [2.75, 3.05) is 12.4 Å². The van der Waals surface area contributed by atoms with E-state index >= 15 is 0 Å².